The maximum atomic E-state index is 5.85. The van der Waals surface area contributed by atoms with E-state index in [4.69, 9.17) is 10.3 Å². The van der Waals surface area contributed by atoms with Gasteiger partial charge in [0.15, 0.2) is 5.82 Å². The fraction of sp³-hybridized carbons (Fsp3) is 0.867. The molecule has 2 N–H and O–H groups in total. The average molecular weight is 278 g/mol. The van der Waals surface area contributed by atoms with Crippen LogP contribution in [0.15, 0.2) is 4.52 Å². The normalized spacial score (nSPS) is 29.1. The maximum Gasteiger partial charge on any atom is 0.229 e. The molecule has 1 saturated heterocycles. The van der Waals surface area contributed by atoms with Gasteiger partial charge < -0.3 is 10.3 Å². The maximum absolute atomic E-state index is 5.85. The highest BCUT2D eigenvalue weighted by Crippen LogP contribution is 2.32. The fourth-order valence-electron chi connectivity index (χ4n) is 3.47. The van der Waals surface area contributed by atoms with Gasteiger partial charge in [-0.3, -0.25) is 4.90 Å². The highest BCUT2D eigenvalue weighted by atomic mass is 16.5. The summed E-state index contributed by atoms with van der Waals surface area (Å²) < 4.78 is 5.48. The van der Waals surface area contributed by atoms with Gasteiger partial charge in [-0.05, 0) is 37.8 Å². The van der Waals surface area contributed by atoms with E-state index in [0.717, 1.165) is 44.3 Å². The smallest absolute Gasteiger partial charge is 0.229 e. The molecule has 0 amide bonds. The van der Waals surface area contributed by atoms with E-state index in [2.05, 4.69) is 22.0 Å². The molecule has 1 aromatic heterocycles. The Kier molecular flexibility index (Phi) is 4.08. The van der Waals surface area contributed by atoms with Crippen molar-refractivity contribution in [1.82, 2.24) is 15.0 Å². The van der Waals surface area contributed by atoms with Gasteiger partial charge in [0, 0.05) is 12.5 Å². The summed E-state index contributed by atoms with van der Waals surface area (Å²) in [5, 5.41) is 4.17. The molecule has 1 aliphatic heterocycles. The molecule has 5 heteroatoms. The molecule has 1 saturated carbocycles. The molecule has 0 aromatic carbocycles. The molecule has 1 unspecified atom stereocenters. The van der Waals surface area contributed by atoms with Crippen molar-refractivity contribution in [2.75, 3.05) is 19.6 Å². The third kappa shape index (κ3) is 3.04. The SMILES string of the molecule is CC1(CN)CCN(Cc2noc(C3CCCCC3)n2)C1. The van der Waals surface area contributed by atoms with E-state index in [0.29, 0.717) is 5.92 Å². The second kappa shape index (κ2) is 5.82. The zero-order valence-corrected chi connectivity index (χ0v) is 12.5. The van der Waals surface area contributed by atoms with Crippen molar-refractivity contribution in [3.63, 3.8) is 0 Å². The van der Waals surface area contributed by atoms with E-state index < -0.39 is 0 Å². The number of hydrogen-bond acceptors (Lipinski definition) is 5. The van der Waals surface area contributed by atoms with Crippen LogP contribution in [0.3, 0.4) is 0 Å². The van der Waals surface area contributed by atoms with E-state index in [1.807, 2.05) is 0 Å². The van der Waals surface area contributed by atoms with E-state index in [1.165, 1.54) is 32.1 Å². The minimum atomic E-state index is 0.260. The molecule has 0 spiro atoms. The zero-order chi connectivity index (χ0) is 14.0. The summed E-state index contributed by atoms with van der Waals surface area (Å²) in [7, 11) is 0. The van der Waals surface area contributed by atoms with Gasteiger partial charge in [0.05, 0.1) is 6.54 Å². The molecule has 2 fully saturated rings. The molecule has 112 valence electrons. The lowest BCUT2D eigenvalue weighted by molar-refractivity contribution is 0.263. The summed E-state index contributed by atoms with van der Waals surface area (Å²) >= 11 is 0. The third-order valence-electron chi connectivity index (χ3n) is 4.93. The van der Waals surface area contributed by atoms with Crippen LogP contribution in [0.1, 0.15) is 63.1 Å². The van der Waals surface area contributed by atoms with Crippen LogP contribution in [-0.4, -0.2) is 34.7 Å². The molecule has 20 heavy (non-hydrogen) atoms. The molecular weight excluding hydrogens is 252 g/mol. The minimum Gasteiger partial charge on any atom is -0.339 e. The van der Waals surface area contributed by atoms with Crippen molar-refractivity contribution in [2.45, 2.75) is 57.9 Å². The van der Waals surface area contributed by atoms with E-state index in [1.54, 1.807) is 0 Å². The van der Waals surface area contributed by atoms with Gasteiger partial charge >= 0.3 is 0 Å². The predicted molar refractivity (Wildman–Crippen MR) is 77.2 cm³/mol. The molecule has 2 aliphatic rings. The van der Waals surface area contributed by atoms with Crippen molar-refractivity contribution in [3.8, 4) is 0 Å². The first-order chi connectivity index (χ1) is 9.68. The van der Waals surface area contributed by atoms with Crippen molar-refractivity contribution in [3.05, 3.63) is 11.7 Å². The van der Waals surface area contributed by atoms with Crippen LogP contribution in [0.2, 0.25) is 0 Å². The number of rotatable bonds is 4. The minimum absolute atomic E-state index is 0.260. The average Bonchev–Trinajstić information content (AvgIpc) is 3.08. The summed E-state index contributed by atoms with van der Waals surface area (Å²) in [4.78, 5) is 7.01. The quantitative estimate of drug-likeness (QED) is 0.915. The molecule has 0 radical (unpaired) electrons. The third-order valence-corrected chi connectivity index (χ3v) is 4.93. The largest absolute Gasteiger partial charge is 0.339 e. The lowest BCUT2D eigenvalue weighted by Crippen LogP contribution is -2.31. The number of likely N-dealkylation sites (tertiary alicyclic amines) is 1. The Hall–Kier alpha value is -0.940. The molecule has 5 nitrogen and oxygen atoms in total. The topological polar surface area (TPSA) is 68.2 Å². The summed E-state index contributed by atoms with van der Waals surface area (Å²) in [6.45, 7) is 5.93. The van der Waals surface area contributed by atoms with Crippen LogP contribution in [0.5, 0.6) is 0 Å². The Labute approximate surface area is 120 Å². The molecule has 1 aliphatic carbocycles. The Morgan fingerprint density at radius 1 is 1.35 bits per heavy atom. The number of nitrogens with two attached hydrogens (primary N) is 1. The summed E-state index contributed by atoms with van der Waals surface area (Å²) in [6, 6.07) is 0. The second-order valence-corrected chi connectivity index (χ2v) is 6.86. The molecule has 3 rings (SSSR count). The van der Waals surface area contributed by atoms with Gasteiger partial charge in [-0.25, -0.2) is 0 Å². The van der Waals surface area contributed by atoms with Crippen molar-refractivity contribution >= 4 is 0 Å². The van der Waals surface area contributed by atoms with E-state index >= 15 is 0 Å². The van der Waals surface area contributed by atoms with Crippen LogP contribution in [-0.2, 0) is 6.54 Å². The first-order valence-corrected chi connectivity index (χ1v) is 7.93. The van der Waals surface area contributed by atoms with Crippen LogP contribution in [0.4, 0.5) is 0 Å². The standard InChI is InChI=1S/C15H26N4O/c1-15(10-16)7-8-19(11-15)9-13-17-14(20-18-13)12-5-3-2-4-6-12/h12H,2-11,16H2,1H3. The molecule has 0 bridgehead atoms. The van der Waals surface area contributed by atoms with Gasteiger partial charge in [0.25, 0.3) is 0 Å². The van der Waals surface area contributed by atoms with Gasteiger partial charge in [0.1, 0.15) is 0 Å². The monoisotopic (exact) mass is 278 g/mol. The zero-order valence-electron chi connectivity index (χ0n) is 12.5. The summed E-state index contributed by atoms with van der Waals surface area (Å²) in [5.74, 6) is 2.20. The number of aromatic nitrogens is 2. The summed E-state index contributed by atoms with van der Waals surface area (Å²) in [6.07, 6.45) is 7.51. The van der Waals surface area contributed by atoms with Crippen LogP contribution >= 0.6 is 0 Å². The van der Waals surface area contributed by atoms with Gasteiger partial charge in [-0.15, -0.1) is 0 Å². The predicted octanol–water partition coefficient (Wildman–Crippen LogP) is 2.29. The Balaban J connectivity index is 1.57. The first-order valence-electron chi connectivity index (χ1n) is 7.93. The second-order valence-electron chi connectivity index (χ2n) is 6.86. The van der Waals surface area contributed by atoms with E-state index in [9.17, 15) is 0 Å². The first kappa shape index (κ1) is 14.0. The van der Waals surface area contributed by atoms with Gasteiger partial charge in [-0.2, -0.15) is 4.98 Å². The highest BCUT2D eigenvalue weighted by molar-refractivity contribution is 4.97. The van der Waals surface area contributed by atoms with E-state index in [-0.39, 0.29) is 5.41 Å². The van der Waals surface area contributed by atoms with Crippen LogP contribution in [0, 0.1) is 5.41 Å². The fourth-order valence-corrected chi connectivity index (χ4v) is 3.47. The Morgan fingerprint density at radius 3 is 2.85 bits per heavy atom. The molecule has 2 heterocycles. The van der Waals surface area contributed by atoms with Crippen LogP contribution < -0.4 is 5.73 Å². The molecule has 1 aromatic rings. The molecule has 1 atom stereocenters. The lowest BCUT2D eigenvalue weighted by atomic mass is 9.89. The van der Waals surface area contributed by atoms with Crippen LogP contribution in [0.25, 0.3) is 0 Å². The highest BCUT2D eigenvalue weighted by Gasteiger charge is 2.33. The Bertz CT molecular complexity index is 441. The number of hydrogen-bond donors (Lipinski definition) is 1. The molecular formula is C15H26N4O. The van der Waals surface area contributed by atoms with Gasteiger partial charge in [-0.1, -0.05) is 31.3 Å². The lowest BCUT2D eigenvalue weighted by Gasteiger charge is -2.21. The summed E-state index contributed by atoms with van der Waals surface area (Å²) in [5.41, 5.74) is 6.11. The number of nitrogens with zero attached hydrogens (tertiary/aromatic N) is 3. The van der Waals surface area contributed by atoms with Crippen molar-refractivity contribution in [1.29, 1.82) is 0 Å². The van der Waals surface area contributed by atoms with Crippen molar-refractivity contribution < 1.29 is 4.52 Å². The van der Waals surface area contributed by atoms with Gasteiger partial charge in [0.2, 0.25) is 5.89 Å². The van der Waals surface area contributed by atoms with Crippen molar-refractivity contribution in [2.24, 2.45) is 11.1 Å². The Morgan fingerprint density at radius 2 is 2.15 bits per heavy atom.